The van der Waals surface area contributed by atoms with Crippen molar-refractivity contribution >= 4 is 5.91 Å². The first kappa shape index (κ1) is 18.1. The number of amides is 1. The van der Waals surface area contributed by atoms with Crippen LogP contribution in [-0.4, -0.2) is 46.5 Å². The lowest BCUT2D eigenvalue weighted by atomic mass is 10.0. The molecule has 0 bridgehead atoms. The first-order valence-corrected chi connectivity index (χ1v) is 8.45. The fourth-order valence-electron chi connectivity index (χ4n) is 3.00. The van der Waals surface area contributed by atoms with Crippen LogP contribution >= 0.6 is 0 Å². The summed E-state index contributed by atoms with van der Waals surface area (Å²) in [4.78, 5) is 12.5. The fourth-order valence-corrected chi connectivity index (χ4v) is 3.00. The van der Waals surface area contributed by atoms with Crippen molar-refractivity contribution in [2.24, 2.45) is 0 Å². The van der Waals surface area contributed by atoms with Crippen LogP contribution in [0, 0.1) is 0 Å². The van der Waals surface area contributed by atoms with Crippen molar-refractivity contribution in [2.45, 2.75) is 12.5 Å². The predicted octanol–water partition coefficient (Wildman–Crippen LogP) is 2.90. The third kappa shape index (κ3) is 3.75. The molecule has 1 atom stereocenters. The van der Waals surface area contributed by atoms with Crippen LogP contribution in [0.2, 0.25) is 0 Å². The highest BCUT2D eigenvalue weighted by molar-refractivity contribution is 5.95. The molecule has 1 amide bonds. The van der Waals surface area contributed by atoms with Crippen LogP contribution in [0.1, 0.15) is 16.8 Å². The molecule has 6 nitrogen and oxygen atoms in total. The Labute approximate surface area is 153 Å². The van der Waals surface area contributed by atoms with Gasteiger partial charge in [0.05, 0.1) is 34.0 Å². The van der Waals surface area contributed by atoms with E-state index in [-0.39, 0.29) is 11.9 Å². The van der Waals surface area contributed by atoms with Crippen molar-refractivity contribution < 1.29 is 23.7 Å². The molecule has 0 saturated carbocycles. The third-order valence-corrected chi connectivity index (χ3v) is 4.39. The van der Waals surface area contributed by atoms with Crippen LogP contribution < -0.4 is 19.5 Å². The molecule has 6 heteroatoms. The van der Waals surface area contributed by atoms with Gasteiger partial charge in [0, 0.05) is 12.2 Å². The van der Waals surface area contributed by atoms with Crippen molar-refractivity contribution in [3.8, 4) is 28.4 Å². The Morgan fingerprint density at radius 1 is 1.04 bits per heavy atom. The van der Waals surface area contributed by atoms with E-state index in [2.05, 4.69) is 5.32 Å². The molecule has 1 N–H and O–H groups in total. The number of carbonyl (C=O) groups is 1. The zero-order chi connectivity index (χ0) is 18.5. The number of benzene rings is 2. The van der Waals surface area contributed by atoms with E-state index >= 15 is 0 Å². The minimum atomic E-state index is -0.102. The van der Waals surface area contributed by atoms with Gasteiger partial charge in [-0.2, -0.15) is 0 Å². The Bertz CT molecular complexity index is 759. The van der Waals surface area contributed by atoms with E-state index in [1.165, 1.54) is 0 Å². The second-order valence-electron chi connectivity index (χ2n) is 6.03. The molecule has 0 radical (unpaired) electrons. The summed E-state index contributed by atoms with van der Waals surface area (Å²) in [5, 5.41) is 3.00. The minimum Gasteiger partial charge on any atom is -0.493 e. The van der Waals surface area contributed by atoms with Gasteiger partial charge in [0.1, 0.15) is 0 Å². The Balaban J connectivity index is 1.91. The lowest BCUT2D eigenvalue weighted by molar-refractivity contribution is 0.0930. The van der Waals surface area contributed by atoms with Crippen molar-refractivity contribution in [3.05, 3.63) is 42.0 Å². The van der Waals surface area contributed by atoms with Crippen LogP contribution in [0.5, 0.6) is 17.2 Å². The van der Waals surface area contributed by atoms with E-state index in [9.17, 15) is 4.79 Å². The number of nitrogens with one attached hydrogen (secondary N) is 1. The van der Waals surface area contributed by atoms with E-state index in [0.717, 1.165) is 17.5 Å². The van der Waals surface area contributed by atoms with Gasteiger partial charge in [0.15, 0.2) is 11.5 Å². The maximum Gasteiger partial charge on any atom is 0.251 e. The van der Waals surface area contributed by atoms with Crippen LogP contribution in [-0.2, 0) is 4.74 Å². The van der Waals surface area contributed by atoms with Crippen LogP contribution in [0.25, 0.3) is 11.1 Å². The molecule has 26 heavy (non-hydrogen) atoms. The lowest BCUT2D eigenvalue weighted by Crippen LogP contribution is -2.34. The monoisotopic (exact) mass is 357 g/mol. The summed E-state index contributed by atoms with van der Waals surface area (Å²) in [6.45, 7) is 1.26. The Kier molecular flexibility index (Phi) is 5.63. The van der Waals surface area contributed by atoms with Gasteiger partial charge >= 0.3 is 0 Å². The van der Waals surface area contributed by atoms with Gasteiger partial charge in [-0.15, -0.1) is 0 Å². The molecule has 0 aromatic heterocycles. The van der Waals surface area contributed by atoms with Crippen molar-refractivity contribution in [1.82, 2.24) is 5.32 Å². The number of carbonyl (C=O) groups excluding carboxylic acids is 1. The van der Waals surface area contributed by atoms with Gasteiger partial charge in [-0.3, -0.25) is 4.79 Å². The van der Waals surface area contributed by atoms with Crippen LogP contribution in [0.15, 0.2) is 36.4 Å². The molecule has 0 aliphatic carbocycles. The molecule has 0 unspecified atom stereocenters. The molecule has 1 heterocycles. The quantitative estimate of drug-likeness (QED) is 0.861. The van der Waals surface area contributed by atoms with Gasteiger partial charge in [-0.1, -0.05) is 12.1 Å². The summed E-state index contributed by atoms with van der Waals surface area (Å²) >= 11 is 0. The summed E-state index contributed by atoms with van der Waals surface area (Å²) in [5.41, 5.74) is 2.36. The molecule has 3 rings (SSSR count). The number of rotatable bonds is 6. The molecule has 1 aliphatic heterocycles. The standard InChI is InChI=1S/C20H23NO5/c1-23-17-10-15(11-18(24-2)19(17)25-3)13-5-4-6-14(9-13)20(22)21-16-7-8-26-12-16/h4-6,9-11,16H,7-8,12H2,1-3H3,(H,21,22)/t16-/m0/s1. The summed E-state index contributed by atoms with van der Waals surface area (Å²) in [7, 11) is 4.72. The second kappa shape index (κ2) is 8.10. The SMILES string of the molecule is COc1cc(-c2cccc(C(=O)N[C@H]3CCOC3)c2)cc(OC)c1OC. The predicted molar refractivity (Wildman–Crippen MR) is 98.2 cm³/mol. The van der Waals surface area contributed by atoms with Crippen LogP contribution in [0.3, 0.4) is 0 Å². The van der Waals surface area contributed by atoms with Crippen LogP contribution in [0.4, 0.5) is 0 Å². The zero-order valence-corrected chi connectivity index (χ0v) is 15.2. The highest BCUT2D eigenvalue weighted by Gasteiger charge is 2.19. The molecular formula is C20H23NO5. The summed E-state index contributed by atoms with van der Waals surface area (Å²) in [5.74, 6) is 1.57. The number of hydrogen-bond donors (Lipinski definition) is 1. The van der Waals surface area contributed by atoms with Crippen molar-refractivity contribution in [1.29, 1.82) is 0 Å². The lowest BCUT2D eigenvalue weighted by Gasteiger charge is -2.15. The highest BCUT2D eigenvalue weighted by Crippen LogP contribution is 2.41. The average molecular weight is 357 g/mol. The molecular weight excluding hydrogens is 334 g/mol. The van der Waals surface area contributed by atoms with E-state index < -0.39 is 0 Å². The van der Waals surface area contributed by atoms with Gasteiger partial charge in [-0.25, -0.2) is 0 Å². The summed E-state index contributed by atoms with van der Waals surface area (Å²) < 4.78 is 21.5. The first-order chi connectivity index (χ1) is 12.7. The fraction of sp³-hybridized carbons (Fsp3) is 0.350. The third-order valence-electron chi connectivity index (χ3n) is 4.39. The van der Waals surface area contributed by atoms with Crippen molar-refractivity contribution in [2.75, 3.05) is 34.5 Å². The molecule has 138 valence electrons. The minimum absolute atomic E-state index is 0.0762. The summed E-state index contributed by atoms with van der Waals surface area (Å²) in [6.07, 6.45) is 0.846. The maximum absolute atomic E-state index is 12.5. The first-order valence-electron chi connectivity index (χ1n) is 8.45. The topological polar surface area (TPSA) is 66.0 Å². The summed E-state index contributed by atoms with van der Waals surface area (Å²) in [6, 6.07) is 11.3. The molecule has 1 aliphatic rings. The molecule has 2 aromatic rings. The normalized spacial score (nSPS) is 16.2. The van der Waals surface area contributed by atoms with E-state index in [0.29, 0.717) is 36.0 Å². The number of methoxy groups -OCH3 is 3. The highest BCUT2D eigenvalue weighted by atomic mass is 16.5. The van der Waals surface area contributed by atoms with Crippen molar-refractivity contribution in [3.63, 3.8) is 0 Å². The maximum atomic E-state index is 12.5. The largest absolute Gasteiger partial charge is 0.493 e. The van der Waals surface area contributed by atoms with Gasteiger partial charge in [0.2, 0.25) is 5.75 Å². The smallest absolute Gasteiger partial charge is 0.251 e. The van der Waals surface area contributed by atoms with E-state index in [1.807, 2.05) is 30.3 Å². The molecule has 0 spiro atoms. The second-order valence-corrected chi connectivity index (χ2v) is 6.03. The molecule has 1 saturated heterocycles. The number of ether oxygens (including phenoxy) is 4. The van der Waals surface area contributed by atoms with E-state index in [1.54, 1.807) is 27.4 Å². The Morgan fingerprint density at radius 3 is 2.35 bits per heavy atom. The zero-order valence-electron chi connectivity index (χ0n) is 15.2. The molecule has 1 fully saturated rings. The van der Waals surface area contributed by atoms with Gasteiger partial charge in [-0.05, 0) is 41.8 Å². The van der Waals surface area contributed by atoms with E-state index in [4.69, 9.17) is 18.9 Å². The number of hydrogen-bond acceptors (Lipinski definition) is 5. The molecule has 2 aromatic carbocycles. The van der Waals surface area contributed by atoms with Gasteiger partial charge in [0.25, 0.3) is 5.91 Å². The van der Waals surface area contributed by atoms with Gasteiger partial charge < -0.3 is 24.3 Å². The average Bonchev–Trinajstić information content (AvgIpc) is 3.19. The Hall–Kier alpha value is -2.73. The Morgan fingerprint density at radius 2 is 1.77 bits per heavy atom.